The van der Waals surface area contributed by atoms with Crippen LogP contribution in [0.15, 0.2) is 59.6 Å². The molecule has 0 radical (unpaired) electrons. The third-order valence-electron chi connectivity index (χ3n) is 2.99. The highest BCUT2D eigenvalue weighted by Crippen LogP contribution is 2.31. The second-order valence-electron chi connectivity index (χ2n) is 4.26. The van der Waals surface area contributed by atoms with Crippen LogP contribution in [0.1, 0.15) is 0 Å². The van der Waals surface area contributed by atoms with E-state index in [9.17, 15) is 0 Å². The minimum absolute atomic E-state index is 0.601. The van der Waals surface area contributed by atoms with Crippen LogP contribution in [0.2, 0.25) is 0 Å². The van der Waals surface area contributed by atoms with Gasteiger partial charge < -0.3 is 0 Å². The Hall–Kier alpha value is -2.31. The molecule has 0 unspecified atom stereocenters. The molecule has 1 aromatic heterocycles. The topological polar surface area (TPSA) is 25.8 Å². The van der Waals surface area contributed by atoms with E-state index in [-0.39, 0.29) is 0 Å². The lowest BCUT2D eigenvalue weighted by Gasteiger charge is -2.08. The van der Waals surface area contributed by atoms with Gasteiger partial charge in [0.05, 0.1) is 5.75 Å². The molecule has 96 valence electrons. The summed E-state index contributed by atoms with van der Waals surface area (Å²) in [7, 11) is 0. The molecule has 0 atom stereocenters. The monoisotopic (exact) mass is 276 g/mol. The summed E-state index contributed by atoms with van der Waals surface area (Å²) < 4.78 is 0. The normalized spacial score (nSPS) is 10.3. The molecule has 0 aliphatic heterocycles. The van der Waals surface area contributed by atoms with Crippen molar-refractivity contribution in [3.63, 3.8) is 0 Å². The molecular weight excluding hydrogens is 264 g/mol. The summed E-state index contributed by atoms with van der Waals surface area (Å²) >= 11 is 1.54. The van der Waals surface area contributed by atoms with Crippen molar-refractivity contribution < 1.29 is 0 Å². The maximum Gasteiger partial charge on any atom is 0.128 e. The molecule has 2 nitrogen and oxygen atoms in total. The second kappa shape index (κ2) is 5.77. The van der Waals surface area contributed by atoms with Gasteiger partial charge in [-0.2, -0.15) is 0 Å². The smallest absolute Gasteiger partial charge is 0.128 e. The van der Waals surface area contributed by atoms with E-state index in [0.29, 0.717) is 5.75 Å². The first kappa shape index (κ1) is 12.7. The first-order chi connectivity index (χ1) is 9.90. The van der Waals surface area contributed by atoms with Crippen molar-refractivity contribution >= 4 is 22.5 Å². The van der Waals surface area contributed by atoms with Crippen LogP contribution in [0.5, 0.6) is 0 Å². The third kappa shape index (κ3) is 2.38. The van der Waals surface area contributed by atoms with Crippen LogP contribution in [0, 0.1) is 12.3 Å². The van der Waals surface area contributed by atoms with Gasteiger partial charge >= 0.3 is 0 Å². The van der Waals surface area contributed by atoms with Crippen molar-refractivity contribution in [1.82, 2.24) is 10.2 Å². The zero-order chi connectivity index (χ0) is 13.8. The molecule has 0 aliphatic rings. The van der Waals surface area contributed by atoms with Gasteiger partial charge in [0.15, 0.2) is 0 Å². The summed E-state index contributed by atoms with van der Waals surface area (Å²) in [6.07, 6.45) is 5.32. The van der Waals surface area contributed by atoms with Crippen molar-refractivity contribution in [2.45, 2.75) is 5.03 Å². The predicted molar refractivity (Wildman–Crippen MR) is 84.5 cm³/mol. The fraction of sp³-hybridized carbons (Fsp3) is 0.0588. The largest absolute Gasteiger partial charge is 0.149 e. The van der Waals surface area contributed by atoms with Gasteiger partial charge in [-0.25, -0.2) is 0 Å². The number of rotatable bonds is 3. The van der Waals surface area contributed by atoms with Gasteiger partial charge in [0.2, 0.25) is 0 Å². The molecule has 3 rings (SSSR count). The maximum atomic E-state index is 5.32. The molecule has 2 aromatic carbocycles. The summed E-state index contributed by atoms with van der Waals surface area (Å²) in [5.41, 5.74) is 1.98. The molecular formula is C17H12N2S. The average Bonchev–Trinajstić information content (AvgIpc) is 2.53. The van der Waals surface area contributed by atoms with Crippen LogP contribution in [-0.4, -0.2) is 16.0 Å². The minimum atomic E-state index is 0.601. The van der Waals surface area contributed by atoms with E-state index < -0.39 is 0 Å². The quantitative estimate of drug-likeness (QED) is 0.533. The fourth-order valence-electron chi connectivity index (χ4n) is 2.11. The summed E-state index contributed by atoms with van der Waals surface area (Å²) in [6.45, 7) is 0. The van der Waals surface area contributed by atoms with E-state index in [1.807, 2.05) is 42.5 Å². The van der Waals surface area contributed by atoms with E-state index in [0.717, 1.165) is 27.1 Å². The number of terminal acetylenes is 1. The average molecular weight is 276 g/mol. The number of benzene rings is 2. The molecule has 0 aliphatic carbocycles. The summed E-state index contributed by atoms with van der Waals surface area (Å²) in [6, 6.07) is 18.3. The Bertz CT molecular complexity index is 776. The zero-order valence-electron chi connectivity index (χ0n) is 10.8. The Labute approximate surface area is 122 Å². The molecule has 0 amide bonds. The summed E-state index contributed by atoms with van der Waals surface area (Å²) in [4.78, 5) is 0. The predicted octanol–water partition coefficient (Wildman–Crippen LogP) is 4.02. The Balaban J connectivity index is 2.19. The van der Waals surface area contributed by atoms with Crippen LogP contribution in [0.25, 0.3) is 22.0 Å². The fourth-order valence-corrected chi connectivity index (χ4v) is 2.76. The van der Waals surface area contributed by atoms with E-state index in [4.69, 9.17) is 6.42 Å². The van der Waals surface area contributed by atoms with Crippen LogP contribution in [0.4, 0.5) is 0 Å². The van der Waals surface area contributed by atoms with Crippen molar-refractivity contribution in [3.05, 3.63) is 54.6 Å². The standard InChI is InChI=1S/C17H12N2S/c1-2-12-20-17-15-11-7-6-10-14(15)16(18-19-17)13-8-4-3-5-9-13/h1,3-11H,12H2. The first-order valence-electron chi connectivity index (χ1n) is 6.27. The molecule has 1 heterocycles. The summed E-state index contributed by atoms with van der Waals surface area (Å²) in [5, 5.41) is 11.8. The lowest BCUT2D eigenvalue weighted by atomic mass is 10.1. The molecule has 0 saturated carbocycles. The molecule has 0 spiro atoms. The highest BCUT2D eigenvalue weighted by molar-refractivity contribution is 7.99. The van der Waals surface area contributed by atoms with Gasteiger partial charge in [-0.05, 0) is 0 Å². The maximum absolute atomic E-state index is 5.32. The van der Waals surface area contributed by atoms with E-state index >= 15 is 0 Å². The molecule has 3 aromatic rings. The lowest BCUT2D eigenvalue weighted by molar-refractivity contribution is 0.963. The van der Waals surface area contributed by atoms with Crippen molar-refractivity contribution in [1.29, 1.82) is 0 Å². The van der Waals surface area contributed by atoms with Gasteiger partial charge in [-0.3, -0.25) is 0 Å². The SMILES string of the molecule is C#CCSc1nnc(-c2ccccc2)c2ccccc12. The zero-order valence-corrected chi connectivity index (χ0v) is 11.6. The molecule has 0 saturated heterocycles. The summed E-state index contributed by atoms with van der Waals surface area (Å²) in [5.74, 6) is 3.22. The number of thioether (sulfide) groups is 1. The molecule has 0 N–H and O–H groups in total. The van der Waals surface area contributed by atoms with Crippen LogP contribution in [0.3, 0.4) is 0 Å². The Morgan fingerprint density at radius 3 is 2.35 bits per heavy atom. The number of hydrogen-bond donors (Lipinski definition) is 0. The van der Waals surface area contributed by atoms with E-state index in [2.05, 4.69) is 28.3 Å². The van der Waals surface area contributed by atoms with Crippen LogP contribution in [-0.2, 0) is 0 Å². The highest BCUT2D eigenvalue weighted by Gasteiger charge is 2.10. The highest BCUT2D eigenvalue weighted by atomic mass is 32.2. The lowest BCUT2D eigenvalue weighted by Crippen LogP contribution is -1.93. The molecule has 0 fully saturated rings. The Kier molecular flexibility index (Phi) is 3.67. The van der Waals surface area contributed by atoms with Gasteiger partial charge in [-0.1, -0.05) is 72.3 Å². The van der Waals surface area contributed by atoms with Gasteiger partial charge in [0.25, 0.3) is 0 Å². The van der Waals surface area contributed by atoms with Gasteiger partial charge in [0, 0.05) is 16.3 Å². The number of nitrogens with zero attached hydrogens (tertiary/aromatic N) is 2. The third-order valence-corrected chi connectivity index (χ3v) is 3.88. The van der Waals surface area contributed by atoms with Gasteiger partial charge in [-0.15, -0.1) is 16.6 Å². The van der Waals surface area contributed by atoms with Crippen molar-refractivity contribution in [2.24, 2.45) is 0 Å². The number of hydrogen-bond acceptors (Lipinski definition) is 3. The second-order valence-corrected chi connectivity index (χ2v) is 5.22. The minimum Gasteiger partial charge on any atom is -0.149 e. The van der Waals surface area contributed by atoms with E-state index in [1.54, 1.807) is 11.8 Å². The molecule has 3 heteroatoms. The van der Waals surface area contributed by atoms with E-state index in [1.165, 1.54) is 0 Å². The number of fused-ring (bicyclic) bond motifs is 1. The number of aromatic nitrogens is 2. The van der Waals surface area contributed by atoms with Gasteiger partial charge in [0.1, 0.15) is 10.7 Å². The molecule has 20 heavy (non-hydrogen) atoms. The molecule has 0 bridgehead atoms. The van der Waals surface area contributed by atoms with Crippen molar-refractivity contribution in [2.75, 3.05) is 5.75 Å². The Morgan fingerprint density at radius 1 is 0.900 bits per heavy atom. The Morgan fingerprint density at radius 2 is 1.60 bits per heavy atom. The van der Waals surface area contributed by atoms with Crippen LogP contribution < -0.4 is 0 Å². The van der Waals surface area contributed by atoms with Crippen LogP contribution >= 0.6 is 11.8 Å². The van der Waals surface area contributed by atoms with Crippen molar-refractivity contribution in [3.8, 4) is 23.6 Å². The first-order valence-corrected chi connectivity index (χ1v) is 7.26.